The quantitative estimate of drug-likeness (QED) is 0.706. The highest BCUT2D eigenvalue weighted by Gasteiger charge is 2.25. The fourth-order valence-corrected chi connectivity index (χ4v) is 3.15. The maximum absolute atomic E-state index is 12.5. The summed E-state index contributed by atoms with van der Waals surface area (Å²) >= 11 is 5.84. The number of likely N-dealkylation sites (N-methyl/N-ethyl adjacent to an activating group) is 2. The third-order valence-electron chi connectivity index (χ3n) is 4.51. The van der Waals surface area contributed by atoms with Gasteiger partial charge in [-0.2, -0.15) is 0 Å². The second kappa shape index (κ2) is 9.62. The number of fused-ring (bicyclic) bond motifs is 1. The molecule has 1 aliphatic heterocycles. The van der Waals surface area contributed by atoms with E-state index in [4.69, 9.17) is 21.1 Å². The number of halogens is 1. The van der Waals surface area contributed by atoms with Gasteiger partial charge < -0.3 is 24.6 Å². The highest BCUT2D eigenvalue weighted by molar-refractivity contribution is 6.30. The van der Waals surface area contributed by atoms with Crippen LogP contribution < -0.4 is 19.7 Å². The monoisotopic (exact) mass is 418 g/mol. The molecule has 0 fully saturated rings. The molecule has 2 atom stereocenters. The lowest BCUT2D eigenvalue weighted by Gasteiger charge is -2.29. The van der Waals surface area contributed by atoms with Crippen LogP contribution in [0.4, 0.5) is 5.69 Å². The van der Waals surface area contributed by atoms with Crippen molar-refractivity contribution in [1.29, 1.82) is 0 Å². The summed E-state index contributed by atoms with van der Waals surface area (Å²) in [5, 5.41) is 3.40. The number of benzene rings is 2. The summed E-state index contributed by atoms with van der Waals surface area (Å²) in [4.78, 5) is 27.1. The van der Waals surface area contributed by atoms with Crippen LogP contribution >= 0.6 is 11.6 Å². The number of rotatable bonds is 7. The number of carbonyl (C=O) groups excluding carboxylic acids is 2. The third-order valence-corrected chi connectivity index (χ3v) is 4.77. The maximum Gasteiger partial charge on any atom is 0.279 e. The number of ether oxygens (including phenoxy) is 2. The molecule has 3 rings (SSSR count). The first-order valence-electron chi connectivity index (χ1n) is 9.40. The summed E-state index contributed by atoms with van der Waals surface area (Å²) in [6, 6.07) is 14.4. The van der Waals surface area contributed by atoms with Gasteiger partial charge in [0.25, 0.3) is 11.8 Å². The van der Waals surface area contributed by atoms with Gasteiger partial charge in [0.2, 0.25) is 0 Å². The molecule has 0 saturated carbocycles. The second-order valence-corrected chi connectivity index (χ2v) is 7.57. The SMILES string of the molecule is CN(C[C@H]1COc2ccccc2O1)C(=O)C[NH+](C)CC(=O)Nc1ccc(Cl)cc1. The summed E-state index contributed by atoms with van der Waals surface area (Å²) in [5.74, 6) is 1.17. The first-order valence-corrected chi connectivity index (χ1v) is 9.77. The maximum atomic E-state index is 12.5. The first-order chi connectivity index (χ1) is 13.9. The zero-order valence-corrected chi connectivity index (χ0v) is 17.2. The van der Waals surface area contributed by atoms with E-state index in [2.05, 4.69) is 5.32 Å². The molecule has 2 aromatic carbocycles. The van der Waals surface area contributed by atoms with E-state index >= 15 is 0 Å². The van der Waals surface area contributed by atoms with Crippen molar-refractivity contribution >= 4 is 29.1 Å². The van der Waals surface area contributed by atoms with Gasteiger partial charge in [-0.05, 0) is 36.4 Å². The lowest BCUT2D eigenvalue weighted by Crippen LogP contribution is -3.11. The number of hydrogen-bond acceptors (Lipinski definition) is 4. The lowest BCUT2D eigenvalue weighted by atomic mass is 10.2. The van der Waals surface area contributed by atoms with Gasteiger partial charge in [-0.1, -0.05) is 23.7 Å². The highest BCUT2D eigenvalue weighted by Crippen LogP contribution is 2.30. The molecule has 1 aliphatic rings. The van der Waals surface area contributed by atoms with Crippen LogP contribution in [0.25, 0.3) is 0 Å². The Bertz CT molecular complexity index is 859. The van der Waals surface area contributed by atoms with Crippen LogP contribution in [0.2, 0.25) is 5.02 Å². The zero-order chi connectivity index (χ0) is 20.8. The summed E-state index contributed by atoms with van der Waals surface area (Å²) in [6.07, 6.45) is -0.229. The molecule has 29 heavy (non-hydrogen) atoms. The van der Waals surface area contributed by atoms with Crippen molar-refractivity contribution in [3.63, 3.8) is 0 Å². The van der Waals surface area contributed by atoms with Crippen LogP contribution in [-0.2, 0) is 9.59 Å². The molecule has 1 heterocycles. The van der Waals surface area contributed by atoms with Crippen molar-refractivity contribution in [2.24, 2.45) is 0 Å². The minimum atomic E-state index is -0.229. The fourth-order valence-electron chi connectivity index (χ4n) is 3.03. The standard InChI is InChI=1S/C21H24ClN3O4/c1-24(12-20(26)23-16-9-7-15(22)8-10-16)13-21(27)25(2)11-17-14-28-18-5-3-4-6-19(18)29-17/h3-10,17H,11-14H2,1-2H3,(H,23,26)/p+1/t17-/m0/s1. The molecule has 0 spiro atoms. The van der Waals surface area contributed by atoms with E-state index in [1.165, 1.54) is 0 Å². The molecule has 2 amide bonds. The highest BCUT2D eigenvalue weighted by atomic mass is 35.5. The number of amides is 2. The van der Waals surface area contributed by atoms with Crippen LogP contribution in [0, 0.1) is 0 Å². The molecular weight excluding hydrogens is 394 g/mol. The van der Waals surface area contributed by atoms with Gasteiger partial charge in [0.05, 0.1) is 13.6 Å². The molecule has 8 heteroatoms. The van der Waals surface area contributed by atoms with Crippen molar-refractivity contribution in [3.8, 4) is 11.5 Å². The van der Waals surface area contributed by atoms with Gasteiger partial charge >= 0.3 is 0 Å². The van der Waals surface area contributed by atoms with Crippen LogP contribution in [0.15, 0.2) is 48.5 Å². The molecule has 0 aliphatic carbocycles. The van der Waals surface area contributed by atoms with Gasteiger partial charge in [-0.3, -0.25) is 9.59 Å². The Morgan fingerprint density at radius 2 is 1.83 bits per heavy atom. The number of anilines is 1. The molecule has 1 unspecified atom stereocenters. The number of quaternary nitrogens is 1. The normalized spacial score (nSPS) is 16.0. The van der Waals surface area contributed by atoms with E-state index in [1.807, 2.05) is 31.3 Å². The summed E-state index contributed by atoms with van der Waals surface area (Å²) < 4.78 is 11.6. The Hall–Kier alpha value is -2.77. The molecule has 154 valence electrons. The Morgan fingerprint density at radius 1 is 1.14 bits per heavy atom. The average Bonchev–Trinajstić information content (AvgIpc) is 2.69. The molecule has 0 bridgehead atoms. The number of para-hydroxylation sites is 2. The summed E-state index contributed by atoms with van der Waals surface area (Å²) in [7, 11) is 3.54. The second-order valence-electron chi connectivity index (χ2n) is 7.14. The van der Waals surface area contributed by atoms with E-state index in [0.717, 1.165) is 4.90 Å². The van der Waals surface area contributed by atoms with Crippen molar-refractivity contribution < 1.29 is 24.0 Å². The Balaban J connectivity index is 1.43. The zero-order valence-electron chi connectivity index (χ0n) is 16.5. The minimum Gasteiger partial charge on any atom is -0.486 e. The van der Waals surface area contributed by atoms with Gasteiger partial charge in [0, 0.05) is 17.8 Å². The molecule has 2 aromatic rings. The number of nitrogens with zero attached hydrogens (tertiary/aromatic N) is 1. The van der Waals surface area contributed by atoms with E-state index in [0.29, 0.717) is 35.4 Å². The Kier molecular flexibility index (Phi) is 6.95. The van der Waals surface area contributed by atoms with E-state index in [1.54, 1.807) is 36.2 Å². The van der Waals surface area contributed by atoms with Gasteiger partial charge in [-0.25, -0.2) is 0 Å². The van der Waals surface area contributed by atoms with E-state index < -0.39 is 0 Å². The van der Waals surface area contributed by atoms with E-state index in [9.17, 15) is 9.59 Å². The average molecular weight is 419 g/mol. The van der Waals surface area contributed by atoms with Crippen LogP contribution in [-0.4, -0.2) is 63.2 Å². The number of carbonyl (C=O) groups is 2. The first kappa shape index (κ1) is 21.0. The van der Waals surface area contributed by atoms with Crippen molar-refractivity contribution in [1.82, 2.24) is 4.90 Å². The summed E-state index contributed by atoms with van der Waals surface area (Å²) in [5.41, 5.74) is 0.672. The van der Waals surface area contributed by atoms with Crippen molar-refractivity contribution in [2.75, 3.05) is 45.7 Å². The largest absolute Gasteiger partial charge is 0.486 e. The molecule has 0 aromatic heterocycles. The molecule has 0 radical (unpaired) electrons. The van der Waals surface area contributed by atoms with Crippen LogP contribution in [0.5, 0.6) is 11.5 Å². The van der Waals surface area contributed by atoms with E-state index in [-0.39, 0.29) is 31.0 Å². The van der Waals surface area contributed by atoms with Gasteiger partial charge in [0.1, 0.15) is 6.61 Å². The minimum absolute atomic E-state index is 0.0655. The smallest absolute Gasteiger partial charge is 0.279 e. The van der Waals surface area contributed by atoms with Crippen molar-refractivity contribution in [3.05, 3.63) is 53.6 Å². The van der Waals surface area contributed by atoms with Crippen molar-refractivity contribution in [2.45, 2.75) is 6.10 Å². The summed E-state index contributed by atoms with van der Waals surface area (Å²) in [6.45, 7) is 1.19. The molecule has 0 saturated heterocycles. The number of hydrogen-bond donors (Lipinski definition) is 2. The fraction of sp³-hybridized carbons (Fsp3) is 0.333. The van der Waals surface area contributed by atoms with Crippen LogP contribution in [0.1, 0.15) is 0 Å². The topological polar surface area (TPSA) is 72.3 Å². The predicted molar refractivity (Wildman–Crippen MR) is 111 cm³/mol. The Labute approximate surface area is 175 Å². The molecule has 7 nitrogen and oxygen atoms in total. The predicted octanol–water partition coefficient (Wildman–Crippen LogP) is 1.09. The van der Waals surface area contributed by atoms with Gasteiger partial charge in [-0.15, -0.1) is 0 Å². The van der Waals surface area contributed by atoms with Crippen LogP contribution in [0.3, 0.4) is 0 Å². The van der Waals surface area contributed by atoms with Gasteiger partial charge in [0.15, 0.2) is 30.7 Å². The third kappa shape index (κ3) is 6.10. The Morgan fingerprint density at radius 3 is 2.55 bits per heavy atom. The molecular formula is C21H25ClN3O4+. The number of nitrogens with one attached hydrogen (secondary N) is 2. The lowest BCUT2D eigenvalue weighted by molar-refractivity contribution is -0.862. The molecule has 2 N–H and O–H groups in total.